The molecule has 5 heteroatoms. The lowest BCUT2D eigenvalue weighted by atomic mass is 10.0. The molecule has 0 aliphatic carbocycles. The Labute approximate surface area is 127 Å². The highest BCUT2D eigenvalue weighted by Gasteiger charge is 2.23. The van der Waals surface area contributed by atoms with Gasteiger partial charge in [0.05, 0.1) is 18.4 Å². The Hall–Kier alpha value is -3.08. The van der Waals surface area contributed by atoms with Crippen molar-refractivity contribution >= 4 is 34.9 Å². The average Bonchev–Trinajstić information content (AvgIpc) is 2.82. The van der Waals surface area contributed by atoms with Gasteiger partial charge < -0.3 is 15.8 Å². The highest BCUT2D eigenvalue weighted by molar-refractivity contribution is 6.35. The Kier molecular flexibility index (Phi) is 3.39. The van der Waals surface area contributed by atoms with Crippen molar-refractivity contribution in [2.45, 2.75) is 0 Å². The number of hydrogen-bond donors (Lipinski definition) is 2. The molecule has 1 aliphatic heterocycles. The number of nitrogen functional groups attached to an aromatic ring is 1. The van der Waals surface area contributed by atoms with Gasteiger partial charge in [0.15, 0.2) is 0 Å². The molecule has 5 nitrogen and oxygen atoms in total. The van der Waals surface area contributed by atoms with Gasteiger partial charge in [-0.1, -0.05) is 18.2 Å². The van der Waals surface area contributed by atoms with Crippen molar-refractivity contribution in [1.29, 1.82) is 0 Å². The molecule has 2 aromatic carbocycles. The molecule has 2 aromatic rings. The van der Waals surface area contributed by atoms with E-state index in [0.717, 1.165) is 11.1 Å². The maximum atomic E-state index is 12.1. The first-order chi connectivity index (χ1) is 10.6. The second-order valence-corrected chi connectivity index (χ2v) is 4.93. The van der Waals surface area contributed by atoms with Gasteiger partial charge in [0, 0.05) is 16.8 Å². The lowest BCUT2D eigenvalue weighted by Crippen LogP contribution is -2.03. The molecule has 0 fully saturated rings. The van der Waals surface area contributed by atoms with Crippen LogP contribution in [0.2, 0.25) is 0 Å². The van der Waals surface area contributed by atoms with E-state index in [1.807, 2.05) is 6.07 Å². The quantitative estimate of drug-likeness (QED) is 0.506. The lowest BCUT2D eigenvalue weighted by Gasteiger charge is -2.01. The van der Waals surface area contributed by atoms with Gasteiger partial charge in [-0.25, -0.2) is 4.79 Å². The molecule has 0 unspecified atom stereocenters. The zero-order valence-corrected chi connectivity index (χ0v) is 11.9. The molecular weight excluding hydrogens is 280 g/mol. The Balaban J connectivity index is 1.96. The summed E-state index contributed by atoms with van der Waals surface area (Å²) >= 11 is 0. The van der Waals surface area contributed by atoms with Crippen LogP contribution < -0.4 is 11.1 Å². The van der Waals surface area contributed by atoms with Crippen LogP contribution in [0.3, 0.4) is 0 Å². The number of carbonyl (C=O) groups is 2. The largest absolute Gasteiger partial charge is 0.465 e. The van der Waals surface area contributed by atoms with Crippen molar-refractivity contribution in [3.63, 3.8) is 0 Å². The van der Waals surface area contributed by atoms with E-state index in [9.17, 15) is 9.59 Å². The van der Waals surface area contributed by atoms with Crippen molar-refractivity contribution < 1.29 is 14.3 Å². The third kappa shape index (κ3) is 2.44. The van der Waals surface area contributed by atoms with Crippen LogP contribution in [-0.2, 0) is 9.53 Å². The number of benzene rings is 2. The molecule has 0 aromatic heterocycles. The SMILES string of the molecule is COC(=O)c1ccc(/C=C2/C(=O)Nc3cc(N)ccc32)cc1. The van der Waals surface area contributed by atoms with Crippen LogP contribution in [0, 0.1) is 0 Å². The van der Waals surface area contributed by atoms with Gasteiger partial charge in [-0.3, -0.25) is 4.79 Å². The minimum Gasteiger partial charge on any atom is -0.465 e. The maximum absolute atomic E-state index is 12.1. The van der Waals surface area contributed by atoms with Crippen LogP contribution >= 0.6 is 0 Å². The van der Waals surface area contributed by atoms with E-state index in [0.29, 0.717) is 22.5 Å². The first-order valence-corrected chi connectivity index (χ1v) is 6.70. The van der Waals surface area contributed by atoms with Gasteiger partial charge in [-0.2, -0.15) is 0 Å². The first kappa shape index (κ1) is 13.9. The van der Waals surface area contributed by atoms with E-state index in [1.54, 1.807) is 42.5 Å². The summed E-state index contributed by atoms with van der Waals surface area (Å²) < 4.78 is 4.65. The lowest BCUT2D eigenvalue weighted by molar-refractivity contribution is -0.110. The van der Waals surface area contributed by atoms with Gasteiger partial charge in [0.25, 0.3) is 5.91 Å². The molecule has 0 spiro atoms. The number of esters is 1. The first-order valence-electron chi connectivity index (χ1n) is 6.70. The van der Waals surface area contributed by atoms with Gasteiger partial charge in [0.1, 0.15) is 0 Å². The van der Waals surface area contributed by atoms with E-state index in [-0.39, 0.29) is 5.91 Å². The molecule has 0 radical (unpaired) electrons. The zero-order valence-electron chi connectivity index (χ0n) is 11.9. The molecule has 1 heterocycles. The minimum absolute atomic E-state index is 0.169. The van der Waals surface area contributed by atoms with E-state index in [4.69, 9.17) is 5.73 Å². The number of amides is 1. The van der Waals surface area contributed by atoms with Gasteiger partial charge in [-0.15, -0.1) is 0 Å². The van der Waals surface area contributed by atoms with Crippen LogP contribution in [0.5, 0.6) is 0 Å². The third-order valence-electron chi connectivity index (χ3n) is 3.47. The Morgan fingerprint density at radius 2 is 1.91 bits per heavy atom. The monoisotopic (exact) mass is 294 g/mol. The predicted molar refractivity (Wildman–Crippen MR) is 85.1 cm³/mol. The average molecular weight is 294 g/mol. The number of carbonyl (C=O) groups excluding carboxylic acids is 2. The van der Waals surface area contributed by atoms with Crippen LogP contribution in [0.4, 0.5) is 11.4 Å². The van der Waals surface area contributed by atoms with Crippen molar-refractivity contribution in [3.8, 4) is 0 Å². The molecule has 22 heavy (non-hydrogen) atoms. The van der Waals surface area contributed by atoms with Gasteiger partial charge in [-0.05, 0) is 35.9 Å². The zero-order chi connectivity index (χ0) is 15.7. The summed E-state index contributed by atoms with van der Waals surface area (Å²) in [7, 11) is 1.34. The van der Waals surface area contributed by atoms with Crippen molar-refractivity contribution in [2.24, 2.45) is 0 Å². The molecule has 1 aliphatic rings. The summed E-state index contributed by atoms with van der Waals surface area (Å²) in [6.07, 6.45) is 1.78. The Morgan fingerprint density at radius 3 is 2.59 bits per heavy atom. The van der Waals surface area contributed by atoms with Crippen LogP contribution in [0.15, 0.2) is 42.5 Å². The van der Waals surface area contributed by atoms with Gasteiger partial charge in [0.2, 0.25) is 0 Å². The summed E-state index contributed by atoms with van der Waals surface area (Å²) in [6.45, 7) is 0. The second-order valence-electron chi connectivity index (χ2n) is 4.93. The smallest absolute Gasteiger partial charge is 0.337 e. The number of nitrogens with one attached hydrogen (secondary N) is 1. The Morgan fingerprint density at radius 1 is 1.18 bits per heavy atom. The molecule has 1 amide bonds. The third-order valence-corrected chi connectivity index (χ3v) is 3.47. The van der Waals surface area contributed by atoms with Crippen molar-refractivity contribution in [1.82, 2.24) is 0 Å². The Bertz CT molecular complexity index is 792. The highest BCUT2D eigenvalue weighted by Crippen LogP contribution is 2.34. The van der Waals surface area contributed by atoms with Crippen LogP contribution in [0.25, 0.3) is 11.6 Å². The number of nitrogens with two attached hydrogens (primary N) is 1. The molecule has 110 valence electrons. The normalized spacial score (nSPS) is 14.6. The molecule has 0 saturated carbocycles. The second kappa shape index (κ2) is 5.37. The summed E-state index contributed by atoms with van der Waals surface area (Å²) in [5.74, 6) is -0.559. The standard InChI is InChI=1S/C17H14N2O3/c1-22-17(21)11-4-2-10(3-5-11)8-14-13-7-6-12(18)9-15(13)19-16(14)20/h2-9H,18H2,1H3,(H,19,20)/b14-8+. The van der Waals surface area contributed by atoms with Crippen molar-refractivity contribution in [2.75, 3.05) is 18.2 Å². The predicted octanol–water partition coefficient (Wildman–Crippen LogP) is 2.55. The van der Waals surface area contributed by atoms with E-state index in [1.165, 1.54) is 7.11 Å². The highest BCUT2D eigenvalue weighted by atomic mass is 16.5. The van der Waals surface area contributed by atoms with E-state index in [2.05, 4.69) is 10.1 Å². The van der Waals surface area contributed by atoms with E-state index < -0.39 is 5.97 Å². The topological polar surface area (TPSA) is 81.4 Å². The number of methoxy groups -OCH3 is 1. The fourth-order valence-electron chi connectivity index (χ4n) is 2.36. The fraction of sp³-hybridized carbons (Fsp3) is 0.0588. The molecule has 3 N–H and O–H groups in total. The van der Waals surface area contributed by atoms with Crippen molar-refractivity contribution in [3.05, 3.63) is 59.2 Å². The van der Waals surface area contributed by atoms with Crippen LogP contribution in [-0.4, -0.2) is 19.0 Å². The molecule has 3 rings (SSSR count). The number of fused-ring (bicyclic) bond motifs is 1. The molecule has 0 bridgehead atoms. The molecular formula is C17H14N2O3. The van der Waals surface area contributed by atoms with Crippen LogP contribution in [0.1, 0.15) is 21.5 Å². The van der Waals surface area contributed by atoms with E-state index >= 15 is 0 Å². The summed E-state index contributed by atoms with van der Waals surface area (Å²) in [5.41, 5.74) is 9.70. The number of hydrogen-bond acceptors (Lipinski definition) is 4. The molecule has 0 saturated heterocycles. The van der Waals surface area contributed by atoms with Gasteiger partial charge >= 0.3 is 5.97 Å². The molecule has 0 atom stereocenters. The summed E-state index contributed by atoms with van der Waals surface area (Å²) in [4.78, 5) is 23.5. The maximum Gasteiger partial charge on any atom is 0.337 e. The number of ether oxygens (including phenoxy) is 1. The minimum atomic E-state index is -0.390. The fourth-order valence-corrected chi connectivity index (χ4v) is 2.36. The summed E-state index contributed by atoms with van der Waals surface area (Å²) in [5, 5.41) is 2.79. The summed E-state index contributed by atoms with van der Waals surface area (Å²) in [6, 6.07) is 12.2. The number of anilines is 2. The number of rotatable bonds is 2.